The van der Waals surface area contributed by atoms with Crippen LogP contribution in [0.5, 0.6) is 0 Å². The fourth-order valence-electron chi connectivity index (χ4n) is 4.27. The molecule has 4 heteroatoms. The molecule has 4 nitrogen and oxygen atoms in total. The molecule has 3 rings (SSSR count). The van der Waals surface area contributed by atoms with Gasteiger partial charge in [-0.1, -0.05) is 58.0 Å². The van der Waals surface area contributed by atoms with E-state index < -0.39 is 11.9 Å². The Morgan fingerprint density at radius 2 is 1.61 bits per heavy atom. The molecule has 1 N–H and O–H groups in total. The second kappa shape index (κ2) is 5.08. The molecule has 1 aliphatic carbocycles. The molecule has 1 aromatic carbocycles. The maximum Gasteiger partial charge on any atom is 0.308 e. The molecule has 1 saturated heterocycles. The van der Waals surface area contributed by atoms with E-state index in [4.69, 9.17) is 0 Å². The minimum atomic E-state index is -0.816. The summed E-state index contributed by atoms with van der Waals surface area (Å²) in [6.07, 6.45) is 0. The van der Waals surface area contributed by atoms with Crippen molar-refractivity contribution in [3.05, 3.63) is 35.9 Å². The predicted octanol–water partition coefficient (Wildman–Crippen LogP) is 3.00. The lowest BCUT2D eigenvalue weighted by Crippen LogP contribution is -2.32. The number of carboxylic acids is 1. The van der Waals surface area contributed by atoms with Gasteiger partial charge in [0.05, 0.1) is 5.92 Å². The second-order valence-corrected chi connectivity index (χ2v) is 8.08. The van der Waals surface area contributed by atoms with Crippen LogP contribution in [0, 0.1) is 22.7 Å². The van der Waals surface area contributed by atoms with Gasteiger partial charge < -0.3 is 10.0 Å². The number of carbonyl (C=O) groups excluding carboxylic acids is 1. The van der Waals surface area contributed by atoms with Crippen LogP contribution in [0.3, 0.4) is 0 Å². The lowest BCUT2D eigenvalue weighted by Gasteiger charge is -2.18. The zero-order chi connectivity index (χ0) is 17.0. The van der Waals surface area contributed by atoms with Crippen LogP contribution in [-0.4, -0.2) is 35.0 Å². The molecule has 1 aliphatic heterocycles. The average Bonchev–Trinajstić information content (AvgIpc) is 2.83. The topological polar surface area (TPSA) is 57.6 Å². The molecule has 0 aromatic heterocycles. The number of likely N-dealkylation sites (tertiary alicyclic amines) is 1. The first kappa shape index (κ1) is 16.0. The molecular formula is C19H25NO3. The van der Waals surface area contributed by atoms with E-state index in [0.29, 0.717) is 13.1 Å². The van der Waals surface area contributed by atoms with Crippen LogP contribution in [-0.2, 0) is 9.59 Å². The molecule has 23 heavy (non-hydrogen) atoms. The highest BCUT2D eigenvalue weighted by atomic mass is 16.4. The molecule has 2 fully saturated rings. The summed E-state index contributed by atoms with van der Waals surface area (Å²) < 4.78 is 0. The Morgan fingerprint density at radius 3 is 2.09 bits per heavy atom. The van der Waals surface area contributed by atoms with Crippen LogP contribution in [0.4, 0.5) is 0 Å². The molecular weight excluding hydrogens is 290 g/mol. The van der Waals surface area contributed by atoms with E-state index in [9.17, 15) is 14.7 Å². The average molecular weight is 315 g/mol. The molecule has 1 amide bonds. The molecule has 2 aliphatic rings. The van der Waals surface area contributed by atoms with Gasteiger partial charge >= 0.3 is 5.97 Å². The van der Waals surface area contributed by atoms with Crippen LogP contribution < -0.4 is 0 Å². The second-order valence-electron chi connectivity index (χ2n) is 8.08. The van der Waals surface area contributed by atoms with Gasteiger partial charge in [-0.25, -0.2) is 0 Å². The fraction of sp³-hybridized carbons (Fsp3) is 0.579. The number of aliphatic carboxylic acids is 1. The minimum absolute atomic E-state index is 0.0148. The van der Waals surface area contributed by atoms with Crippen LogP contribution in [0.2, 0.25) is 0 Å². The highest BCUT2D eigenvalue weighted by molar-refractivity contribution is 5.86. The Kier molecular flexibility index (Phi) is 3.54. The van der Waals surface area contributed by atoms with Gasteiger partial charge in [0.1, 0.15) is 0 Å². The van der Waals surface area contributed by atoms with Gasteiger partial charge in [-0.2, -0.15) is 0 Å². The van der Waals surface area contributed by atoms with Gasteiger partial charge in [0.15, 0.2) is 0 Å². The summed E-state index contributed by atoms with van der Waals surface area (Å²) in [5.41, 5.74) is 0.964. The van der Waals surface area contributed by atoms with Crippen molar-refractivity contribution >= 4 is 11.9 Å². The number of benzene rings is 1. The first-order valence-corrected chi connectivity index (χ1v) is 8.24. The summed E-state index contributed by atoms with van der Waals surface area (Å²) in [7, 11) is 0. The Morgan fingerprint density at radius 1 is 1.04 bits per heavy atom. The first-order valence-electron chi connectivity index (χ1n) is 8.24. The van der Waals surface area contributed by atoms with Crippen LogP contribution >= 0.6 is 0 Å². The Labute approximate surface area is 137 Å². The van der Waals surface area contributed by atoms with Gasteiger partial charge in [-0.05, 0) is 16.4 Å². The van der Waals surface area contributed by atoms with Crippen molar-refractivity contribution in [2.75, 3.05) is 13.1 Å². The highest BCUT2D eigenvalue weighted by Crippen LogP contribution is 2.69. The van der Waals surface area contributed by atoms with Crippen LogP contribution in [0.25, 0.3) is 0 Å². The van der Waals surface area contributed by atoms with Crippen LogP contribution in [0.1, 0.15) is 39.2 Å². The van der Waals surface area contributed by atoms with E-state index in [1.54, 1.807) is 4.90 Å². The summed E-state index contributed by atoms with van der Waals surface area (Å²) in [6.45, 7) is 9.30. The standard InChI is InChI=1S/C19H25NO3/c1-18(2)15(19(18,3)4)16(21)20-10-13(14(11-20)17(22)23)12-8-6-5-7-9-12/h5-9,13-15H,10-11H2,1-4H3,(H,22,23)/t13-,14-/m0/s1. The minimum Gasteiger partial charge on any atom is -0.481 e. The highest BCUT2D eigenvalue weighted by Gasteiger charge is 2.69. The number of nitrogens with zero attached hydrogens (tertiary/aromatic N) is 1. The molecule has 0 unspecified atom stereocenters. The molecule has 1 saturated carbocycles. The normalized spacial score (nSPS) is 28.6. The van der Waals surface area contributed by atoms with Crippen molar-refractivity contribution in [3.63, 3.8) is 0 Å². The molecule has 2 atom stereocenters. The smallest absolute Gasteiger partial charge is 0.308 e. The third kappa shape index (κ3) is 2.35. The van der Waals surface area contributed by atoms with Gasteiger partial charge in [0.25, 0.3) is 0 Å². The Balaban J connectivity index is 1.82. The van der Waals surface area contributed by atoms with E-state index in [1.165, 1.54) is 0 Å². The summed E-state index contributed by atoms with van der Waals surface area (Å²) in [4.78, 5) is 26.3. The zero-order valence-electron chi connectivity index (χ0n) is 14.2. The van der Waals surface area contributed by atoms with Crippen LogP contribution in [0.15, 0.2) is 30.3 Å². The van der Waals surface area contributed by atoms with Gasteiger partial charge in [-0.15, -0.1) is 0 Å². The van der Waals surface area contributed by atoms with E-state index in [2.05, 4.69) is 27.7 Å². The third-order valence-electron chi connectivity index (χ3n) is 6.44. The lowest BCUT2D eigenvalue weighted by molar-refractivity contribution is -0.142. The van der Waals surface area contributed by atoms with E-state index in [0.717, 1.165) is 5.56 Å². The van der Waals surface area contributed by atoms with Crippen molar-refractivity contribution in [2.45, 2.75) is 33.6 Å². The summed E-state index contributed by atoms with van der Waals surface area (Å²) in [5, 5.41) is 9.57. The molecule has 0 radical (unpaired) electrons. The first-order chi connectivity index (χ1) is 10.7. The monoisotopic (exact) mass is 315 g/mol. The quantitative estimate of drug-likeness (QED) is 0.933. The molecule has 0 bridgehead atoms. The molecule has 124 valence electrons. The van der Waals surface area contributed by atoms with Gasteiger partial charge in [0, 0.05) is 24.9 Å². The predicted molar refractivity (Wildman–Crippen MR) is 87.9 cm³/mol. The maximum absolute atomic E-state index is 12.9. The SMILES string of the molecule is CC1(C)C(C(=O)N2C[C@H](C(=O)O)[C@H](c3ccccc3)C2)C1(C)C. The maximum atomic E-state index is 12.9. The van der Waals surface area contributed by atoms with E-state index >= 15 is 0 Å². The zero-order valence-corrected chi connectivity index (χ0v) is 14.2. The number of carbonyl (C=O) groups is 2. The molecule has 1 heterocycles. The Bertz CT molecular complexity index is 621. The van der Waals surface area contributed by atoms with E-state index in [-0.39, 0.29) is 28.6 Å². The lowest BCUT2D eigenvalue weighted by atomic mass is 9.89. The van der Waals surface area contributed by atoms with Crippen molar-refractivity contribution in [3.8, 4) is 0 Å². The molecule has 1 aromatic rings. The molecule has 0 spiro atoms. The van der Waals surface area contributed by atoms with Gasteiger partial charge in [-0.3, -0.25) is 9.59 Å². The van der Waals surface area contributed by atoms with Crippen molar-refractivity contribution < 1.29 is 14.7 Å². The Hall–Kier alpha value is -1.84. The fourth-order valence-corrected chi connectivity index (χ4v) is 4.27. The van der Waals surface area contributed by atoms with Crippen molar-refractivity contribution in [1.29, 1.82) is 0 Å². The van der Waals surface area contributed by atoms with Crippen molar-refractivity contribution in [2.24, 2.45) is 22.7 Å². The van der Waals surface area contributed by atoms with Crippen molar-refractivity contribution in [1.82, 2.24) is 4.90 Å². The summed E-state index contributed by atoms with van der Waals surface area (Å²) in [6, 6.07) is 9.68. The number of hydrogen-bond donors (Lipinski definition) is 1. The summed E-state index contributed by atoms with van der Waals surface area (Å²) >= 11 is 0. The van der Waals surface area contributed by atoms with E-state index in [1.807, 2.05) is 30.3 Å². The number of rotatable bonds is 3. The number of amides is 1. The largest absolute Gasteiger partial charge is 0.481 e. The van der Waals surface area contributed by atoms with Gasteiger partial charge in [0.2, 0.25) is 5.91 Å². The number of hydrogen-bond acceptors (Lipinski definition) is 2. The number of carboxylic acid groups (broad SMARTS) is 1. The third-order valence-corrected chi connectivity index (χ3v) is 6.44. The summed E-state index contributed by atoms with van der Waals surface area (Å²) in [5.74, 6) is -1.36.